The lowest BCUT2D eigenvalue weighted by Gasteiger charge is -1.94. The first kappa shape index (κ1) is 12.4. The molecule has 0 aliphatic rings. The van der Waals surface area contributed by atoms with Gasteiger partial charge in [0.25, 0.3) is 0 Å². The van der Waals surface area contributed by atoms with Crippen LogP contribution in [0.3, 0.4) is 0 Å². The molecule has 0 aliphatic carbocycles. The van der Waals surface area contributed by atoms with E-state index in [0.717, 1.165) is 0 Å². The van der Waals surface area contributed by atoms with Gasteiger partial charge in [0.1, 0.15) is 0 Å². The number of hydrogen-bond donors (Lipinski definition) is 4. The minimum absolute atomic E-state index is 0.167. The molecular weight excluding hydrogens is 156 g/mol. The summed E-state index contributed by atoms with van der Waals surface area (Å²) in [4.78, 5) is 18.2. The van der Waals surface area contributed by atoms with Gasteiger partial charge < -0.3 is 20.4 Å². The Kier molecular flexibility index (Phi) is 7.67. The van der Waals surface area contributed by atoms with Gasteiger partial charge in [0, 0.05) is 0 Å². The van der Waals surface area contributed by atoms with Gasteiger partial charge in [-0.05, 0) is 6.92 Å². The van der Waals surface area contributed by atoms with Crippen LogP contribution in [0.1, 0.15) is 13.3 Å². The van der Waals surface area contributed by atoms with Crippen molar-refractivity contribution >= 4 is 12.1 Å². The number of hydrogen-bond acceptors (Lipinski definition) is 3. The molecule has 11 heavy (non-hydrogen) atoms. The van der Waals surface area contributed by atoms with Gasteiger partial charge in [-0.15, -0.1) is 0 Å². The molecule has 0 aromatic heterocycles. The van der Waals surface area contributed by atoms with Gasteiger partial charge in [0.2, 0.25) is 0 Å². The number of carboxylic acids is 1. The third kappa shape index (κ3) is 53.6. The first-order chi connectivity index (χ1) is 4.86. The Bertz CT molecular complexity index is 125. The molecule has 0 heterocycles. The molecule has 0 rings (SSSR count). The van der Waals surface area contributed by atoms with E-state index in [-0.39, 0.29) is 6.42 Å². The highest BCUT2D eigenvalue weighted by molar-refractivity contribution is 5.67. The molecule has 0 aliphatic heterocycles. The molecule has 1 atom stereocenters. The summed E-state index contributed by atoms with van der Waals surface area (Å²) in [6, 6.07) is 0. The second-order valence-electron chi connectivity index (χ2n) is 1.73. The lowest BCUT2D eigenvalue weighted by Crippen LogP contribution is -2.07. The summed E-state index contributed by atoms with van der Waals surface area (Å²) >= 11 is 0. The Morgan fingerprint density at radius 3 is 1.55 bits per heavy atom. The van der Waals surface area contributed by atoms with E-state index in [1.165, 1.54) is 6.92 Å². The second kappa shape index (κ2) is 6.81. The van der Waals surface area contributed by atoms with Crippen LogP contribution in [-0.4, -0.2) is 38.7 Å². The third-order valence-corrected chi connectivity index (χ3v) is 0.470. The van der Waals surface area contributed by atoms with Gasteiger partial charge in [-0.2, -0.15) is 0 Å². The molecule has 0 fully saturated rings. The fraction of sp³-hybridized carbons (Fsp3) is 0.600. The first-order valence-electron chi connectivity index (χ1n) is 2.68. The van der Waals surface area contributed by atoms with E-state index in [1.807, 2.05) is 0 Å². The Labute approximate surface area is 62.7 Å². The summed E-state index contributed by atoms with van der Waals surface area (Å²) in [5.41, 5.74) is 0. The number of aliphatic carboxylic acids is 1. The minimum atomic E-state index is -1.83. The summed E-state index contributed by atoms with van der Waals surface area (Å²) in [5, 5.41) is 30.2. The van der Waals surface area contributed by atoms with E-state index in [9.17, 15) is 4.79 Å². The van der Waals surface area contributed by atoms with E-state index in [2.05, 4.69) is 0 Å². The maximum absolute atomic E-state index is 9.65. The van der Waals surface area contributed by atoms with Gasteiger partial charge >= 0.3 is 12.1 Å². The van der Waals surface area contributed by atoms with Crippen molar-refractivity contribution in [3.8, 4) is 0 Å². The van der Waals surface area contributed by atoms with E-state index in [0.29, 0.717) is 0 Å². The molecule has 6 heteroatoms. The van der Waals surface area contributed by atoms with Crippen molar-refractivity contribution in [2.24, 2.45) is 0 Å². The highest BCUT2D eigenvalue weighted by Gasteiger charge is 2.00. The SMILES string of the molecule is CC(O)CC(=O)O.O=C(O)O. The van der Waals surface area contributed by atoms with E-state index >= 15 is 0 Å². The van der Waals surface area contributed by atoms with Gasteiger partial charge in [-0.3, -0.25) is 4.79 Å². The van der Waals surface area contributed by atoms with Gasteiger partial charge in [0.05, 0.1) is 12.5 Å². The molecule has 0 saturated heterocycles. The maximum atomic E-state index is 9.65. The van der Waals surface area contributed by atoms with Crippen LogP contribution in [0.5, 0.6) is 0 Å². The normalized spacial score (nSPS) is 10.7. The number of aliphatic hydroxyl groups excluding tert-OH is 1. The average molecular weight is 166 g/mol. The molecule has 0 aromatic carbocycles. The molecular formula is C5H10O6. The highest BCUT2D eigenvalue weighted by atomic mass is 16.6. The van der Waals surface area contributed by atoms with Crippen molar-refractivity contribution in [1.82, 2.24) is 0 Å². The summed E-state index contributed by atoms with van der Waals surface area (Å²) in [7, 11) is 0. The monoisotopic (exact) mass is 166 g/mol. The van der Waals surface area contributed by atoms with Crippen molar-refractivity contribution in [3.63, 3.8) is 0 Å². The van der Waals surface area contributed by atoms with E-state index < -0.39 is 18.2 Å². The molecule has 66 valence electrons. The average Bonchev–Trinajstić information content (AvgIpc) is 1.56. The predicted octanol–water partition coefficient (Wildman–Crippen LogP) is 0.0643. The minimum Gasteiger partial charge on any atom is -0.481 e. The zero-order valence-corrected chi connectivity index (χ0v) is 5.89. The maximum Gasteiger partial charge on any atom is 0.503 e. The standard InChI is InChI=1S/C4H8O3.CH2O3/c1-3(5)2-4(6)7;2-1(3)4/h3,5H,2H2,1H3,(H,6,7);(H2,2,3,4). The lowest BCUT2D eigenvalue weighted by atomic mass is 10.3. The predicted molar refractivity (Wildman–Crippen MR) is 34.6 cm³/mol. The molecule has 0 amide bonds. The quantitative estimate of drug-likeness (QED) is 0.461. The van der Waals surface area contributed by atoms with Crippen LogP contribution >= 0.6 is 0 Å². The lowest BCUT2D eigenvalue weighted by molar-refractivity contribution is -0.138. The van der Waals surface area contributed by atoms with Crippen LogP contribution in [0.4, 0.5) is 4.79 Å². The topological polar surface area (TPSA) is 115 Å². The molecule has 4 N–H and O–H groups in total. The van der Waals surface area contributed by atoms with Crippen molar-refractivity contribution < 1.29 is 30.0 Å². The Morgan fingerprint density at radius 2 is 1.55 bits per heavy atom. The fourth-order valence-electron chi connectivity index (χ4n) is 0.253. The first-order valence-corrected chi connectivity index (χ1v) is 2.68. The molecule has 6 nitrogen and oxygen atoms in total. The molecule has 1 unspecified atom stereocenters. The van der Waals surface area contributed by atoms with Gasteiger partial charge in [-0.25, -0.2) is 4.79 Å². The largest absolute Gasteiger partial charge is 0.503 e. The van der Waals surface area contributed by atoms with Crippen molar-refractivity contribution in [1.29, 1.82) is 0 Å². The van der Waals surface area contributed by atoms with Crippen molar-refractivity contribution in [2.75, 3.05) is 0 Å². The number of rotatable bonds is 2. The number of aliphatic hydroxyl groups is 1. The van der Waals surface area contributed by atoms with E-state index in [4.69, 9.17) is 25.2 Å². The van der Waals surface area contributed by atoms with Crippen LogP contribution in [0.15, 0.2) is 0 Å². The van der Waals surface area contributed by atoms with Crippen LogP contribution < -0.4 is 0 Å². The number of carbonyl (C=O) groups is 2. The van der Waals surface area contributed by atoms with E-state index in [1.54, 1.807) is 0 Å². The third-order valence-electron chi connectivity index (χ3n) is 0.470. The Hall–Kier alpha value is -1.30. The van der Waals surface area contributed by atoms with Crippen molar-refractivity contribution in [2.45, 2.75) is 19.4 Å². The molecule has 0 spiro atoms. The van der Waals surface area contributed by atoms with Gasteiger partial charge in [-0.1, -0.05) is 0 Å². The molecule has 0 aromatic rings. The zero-order valence-electron chi connectivity index (χ0n) is 5.89. The van der Waals surface area contributed by atoms with Crippen molar-refractivity contribution in [3.05, 3.63) is 0 Å². The molecule has 0 saturated carbocycles. The number of carboxylic acid groups (broad SMARTS) is 3. The van der Waals surface area contributed by atoms with Crippen LogP contribution in [0.2, 0.25) is 0 Å². The smallest absolute Gasteiger partial charge is 0.481 e. The molecule has 0 bridgehead atoms. The summed E-state index contributed by atoms with van der Waals surface area (Å²) in [5.74, 6) is -0.963. The van der Waals surface area contributed by atoms with Crippen LogP contribution in [-0.2, 0) is 4.79 Å². The summed E-state index contributed by atoms with van der Waals surface area (Å²) in [6.45, 7) is 1.44. The Morgan fingerprint density at radius 1 is 1.27 bits per heavy atom. The second-order valence-corrected chi connectivity index (χ2v) is 1.73. The van der Waals surface area contributed by atoms with Gasteiger partial charge in [0.15, 0.2) is 0 Å². The van der Waals surface area contributed by atoms with Crippen LogP contribution in [0, 0.1) is 0 Å². The highest BCUT2D eigenvalue weighted by Crippen LogP contribution is 1.85. The Balaban J connectivity index is 0. The zero-order chi connectivity index (χ0) is 9.44. The summed E-state index contributed by atoms with van der Waals surface area (Å²) in [6.07, 6.45) is -2.72. The molecule has 0 radical (unpaired) electrons. The summed E-state index contributed by atoms with van der Waals surface area (Å²) < 4.78 is 0. The van der Waals surface area contributed by atoms with Crippen LogP contribution in [0.25, 0.3) is 0 Å². The fourth-order valence-corrected chi connectivity index (χ4v) is 0.253.